The number of nitrogens with zero attached hydrogens (tertiary/aromatic N) is 1. The van der Waals surface area contributed by atoms with Crippen LogP contribution in [0.2, 0.25) is 0 Å². The van der Waals surface area contributed by atoms with Crippen molar-refractivity contribution >= 4 is 5.97 Å². The average Bonchev–Trinajstić information content (AvgIpc) is 2.10. The zero-order valence-corrected chi connectivity index (χ0v) is 8.83. The number of aromatic nitrogens is 1. The largest absolute Gasteiger partial charge is 0.478 e. The topological polar surface area (TPSA) is 59.3 Å². The zero-order valence-electron chi connectivity index (χ0n) is 8.83. The summed E-state index contributed by atoms with van der Waals surface area (Å²) in [5.41, 5.74) is -0.376. The molecule has 0 saturated heterocycles. The number of halogens is 2. The number of hydrogen-bond donors (Lipinski definition) is 1. The Hall–Kier alpha value is -1.72. The summed E-state index contributed by atoms with van der Waals surface area (Å²) in [5, 5.41) is 8.89. The normalized spacial score (nSPS) is 10.8. The first kappa shape index (κ1) is 12.4. The van der Waals surface area contributed by atoms with Gasteiger partial charge in [0.05, 0.1) is 12.1 Å². The van der Waals surface area contributed by atoms with E-state index >= 15 is 0 Å². The van der Waals surface area contributed by atoms with Gasteiger partial charge in [-0.25, -0.2) is 13.6 Å². The molecule has 0 aliphatic heterocycles. The Bertz CT molecular complexity index is 480. The summed E-state index contributed by atoms with van der Waals surface area (Å²) >= 11 is 0. The van der Waals surface area contributed by atoms with E-state index in [4.69, 9.17) is 5.11 Å². The Morgan fingerprint density at radius 2 is 2.06 bits per heavy atom. The third-order valence-corrected chi connectivity index (χ3v) is 2.30. The minimum Gasteiger partial charge on any atom is -0.478 e. The highest BCUT2D eigenvalue weighted by Crippen LogP contribution is 2.12. The maximum absolute atomic E-state index is 12.2. The second-order valence-electron chi connectivity index (χ2n) is 3.43. The van der Waals surface area contributed by atoms with Gasteiger partial charge in [-0.15, -0.1) is 0 Å². The van der Waals surface area contributed by atoms with Crippen LogP contribution in [0.5, 0.6) is 0 Å². The maximum atomic E-state index is 12.2. The molecule has 0 amide bonds. The molecule has 1 aromatic heterocycles. The van der Waals surface area contributed by atoms with Gasteiger partial charge in [0.25, 0.3) is 12.0 Å². The highest BCUT2D eigenvalue weighted by atomic mass is 19.3. The van der Waals surface area contributed by atoms with Crippen LogP contribution in [-0.2, 0) is 6.54 Å². The lowest BCUT2D eigenvalue weighted by molar-refractivity contribution is 0.0691. The molecular weight excluding hydrogens is 220 g/mol. The molecule has 0 aliphatic carbocycles. The van der Waals surface area contributed by atoms with E-state index in [9.17, 15) is 18.4 Å². The molecular formula is C10H11F2NO3. The van der Waals surface area contributed by atoms with Crippen LogP contribution in [0, 0.1) is 13.8 Å². The highest BCUT2D eigenvalue weighted by molar-refractivity contribution is 5.90. The Morgan fingerprint density at radius 1 is 1.50 bits per heavy atom. The van der Waals surface area contributed by atoms with E-state index in [0.717, 1.165) is 10.6 Å². The number of carboxylic acids is 1. The van der Waals surface area contributed by atoms with E-state index in [0.29, 0.717) is 0 Å². The molecule has 88 valence electrons. The van der Waals surface area contributed by atoms with Crippen molar-refractivity contribution < 1.29 is 18.7 Å². The van der Waals surface area contributed by atoms with Crippen LogP contribution < -0.4 is 5.56 Å². The predicted molar refractivity (Wildman–Crippen MR) is 53.1 cm³/mol. The fraction of sp³-hybridized carbons (Fsp3) is 0.400. The van der Waals surface area contributed by atoms with Crippen molar-refractivity contribution in [2.75, 3.05) is 0 Å². The third kappa shape index (κ3) is 2.26. The SMILES string of the molecule is Cc1cc(=O)n(CC(F)F)c(C)c1C(=O)O. The fourth-order valence-corrected chi connectivity index (χ4v) is 1.61. The molecule has 4 nitrogen and oxygen atoms in total. The number of aryl methyl sites for hydroxylation is 1. The van der Waals surface area contributed by atoms with Gasteiger partial charge >= 0.3 is 5.97 Å². The molecule has 0 saturated carbocycles. The number of hydrogen-bond acceptors (Lipinski definition) is 2. The lowest BCUT2D eigenvalue weighted by Gasteiger charge is -2.13. The first-order valence-corrected chi connectivity index (χ1v) is 4.57. The van der Waals surface area contributed by atoms with Crippen LogP contribution in [-0.4, -0.2) is 22.1 Å². The molecule has 0 aliphatic rings. The summed E-state index contributed by atoms with van der Waals surface area (Å²) in [5.74, 6) is -1.22. The molecule has 0 spiro atoms. The van der Waals surface area contributed by atoms with Crippen LogP contribution in [0.4, 0.5) is 8.78 Å². The predicted octanol–water partition coefficient (Wildman–Crippen LogP) is 1.43. The van der Waals surface area contributed by atoms with Crippen LogP contribution in [0.15, 0.2) is 10.9 Å². The van der Waals surface area contributed by atoms with Gasteiger partial charge in [0.15, 0.2) is 0 Å². The van der Waals surface area contributed by atoms with Gasteiger partial charge in [0.2, 0.25) is 0 Å². The van der Waals surface area contributed by atoms with Crippen LogP contribution in [0.25, 0.3) is 0 Å². The molecule has 0 fully saturated rings. The van der Waals surface area contributed by atoms with Crippen molar-refractivity contribution in [1.29, 1.82) is 0 Å². The van der Waals surface area contributed by atoms with Gasteiger partial charge in [-0.2, -0.15) is 0 Å². The maximum Gasteiger partial charge on any atom is 0.337 e. The monoisotopic (exact) mass is 231 g/mol. The summed E-state index contributed by atoms with van der Waals surface area (Å²) in [6, 6.07) is 1.05. The van der Waals surface area contributed by atoms with Crippen molar-refractivity contribution in [1.82, 2.24) is 4.57 Å². The van der Waals surface area contributed by atoms with E-state index in [1.54, 1.807) is 0 Å². The van der Waals surface area contributed by atoms with Gasteiger partial charge in [-0.3, -0.25) is 4.79 Å². The van der Waals surface area contributed by atoms with Crippen molar-refractivity contribution in [2.24, 2.45) is 0 Å². The molecule has 1 rings (SSSR count). The van der Waals surface area contributed by atoms with Crippen molar-refractivity contribution in [3.05, 3.63) is 33.2 Å². The first-order valence-electron chi connectivity index (χ1n) is 4.57. The molecule has 1 aromatic rings. The summed E-state index contributed by atoms with van der Waals surface area (Å²) in [6.45, 7) is 2.02. The highest BCUT2D eigenvalue weighted by Gasteiger charge is 2.17. The lowest BCUT2D eigenvalue weighted by Crippen LogP contribution is -2.27. The zero-order chi connectivity index (χ0) is 12.5. The minimum absolute atomic E-state index is 0.0535. The van der Waals surface area contributed by atoms with Gasteiger partial charge in [-0.05, 0) is 19.4 Å². The van der Waals surface area contributed by atoms with Crippen molar-refractivity contribution in [3.8, 4) is 0 Å². The molecule has 0 atom stereocenters. The second-order valence-corrected chi connectivity index (χ2v) is 3.43. The summed E-state index contributed by atoms with van der Waals surface area (Å²) in [4.78, 5) is 22.3. The fourth-order valence-electron chi connectivity index (χ4n) is 1.61. The minimum atomic E-state index is -2.69. The Morgan fingerprint density at radius 3 is 2.50 bits per heavy atom. The first-order chi connectivity index (χ1) is 7.34. The van der Waals surface area contributed by atoms with Crippen molar-refractivity contribution in [3.63, 3.8) is 0 Å². The van der Waals surface area contributed by atoms with Gasteiger partial charge in [0, 0.05) is 11.8 Å². The smallest absolute Gasteiger partial charge is 0.337 e. The molecule has 16 heavy (non-hydrogen) atoms. The van der Waals surface area contributed by atoms with Crippen LogP contribution >= 0.6 is 0 Å². The Balaban J connectivity index is 3.45. The number of alkyl halides is 2. The van der Waals surface area contributed by atoms with E-state index in [2.05, 4.69) is 0 Å². The van der Waals surface area contributed by atoms with Gasteiger partial charge < -0.3 is 9.67 Å². The number of pyridine rings is 1. The lowest BCUT2D eigenvalue weighted by atomic mass is 10.1. The second kappa shape index (κ2) is 4.42. The molecule has 1 N–H and O–H groups in total. The number of carboxylic acid groups (broad SMARTS) is 1. The van der Waals surface area contributed by atoms with E-state index in [1.807, 2.05) is 0 Å². The molecule has 0 bridgehead atoms. The Labute approximate surface area is 90.1 Å². The third-order valence-electron chi connectivity index (χ3n) is 2.30. The summed E-state index contributed by atoms with van der Waals surface area (Å²) in [7, 11) is 0. The molecule has 0 aromatic carbocycles. The van der Waals surface area contributed by atoms with E-state index in [1.165, 1.54) is 13.8 Å². The number of aromatic carboxylic acids is 1. The van der Waals surface area contributed by atoms with Gasteiger partial charge in [0.1, 0.15) is 0 Å². The average molecular weight is 231 g/mol. The molecule has 6 heteroatoms. The molecule has 1 heterocycles. The summed E-state index contributed by atoms with van der Waals surface area (Å²) < 4.78 is 25.2. The molecule has 0 radical (unpaired) electrons. The van der Waals surface area contributed by atoms with Crippen LogP contribution in [0.3, 0.4) is 0 Å². The van der Waals surface area contributed by atoms with E-state index in [-0.39, 0.29) is 16.8 Å². The van der Waals surface area contributed by atoms with E-state index < -0.39 is 24.5 Å². The quantitative estimate of drug-likeness (QED) is 0.856. The van der Waals surface area contributed by atoms with Crippen LogP contribution in [0.1, 0.15) is 21.6 Å². The molecule has 0 unspecified atom stereocenters. The van der Waals surface area contributed by atoms with Gasteiger partial charge in [-0.1, -0.05) is 0 Å². The van der Waals surface area contributed by atoms with Crippen molar-refractivity contribution in [2.45, 2.75) is 26.8 Å². The summed E-state index contributed by atoms with van der Waals surface area (Å²) in [6.07, 6.45) is -2.69. The standard InChI is InChI=1S/C10H11F2NO3/c1-5-3-8(14)13(4-7(11)12)6(2)9(5)10(15)16/h3,7H,4H2,1-2H3,(H,15,16). The Kier molecular flexibility index (Phi) is 3.41. The number of carbonyl (C=O) groups is 1. The number of rotatable bonds is 3.